The molecule has 0 aliphatic carbocycles. The molecule has 0 saturated carbocycles. The summed E-state index contributed by atoms with van der Waals surface area (Å²) in [4.78, 5) is 8.27. The molecule has 1 aromatic heterocycles. The zero-order valence-corrected chi connectivity index (χ0v) is 11.2. The molecule has 5 heteroatoms. The van der Waals surface area contributed by atoms with Gasteiger partial charge in [0.15, 0.2) is 5.82 Å². The maximum Gasteiger partial charge on any atom is 0.161 e. The number of hydrogen-bond donors (Lipinski definition) is 0. The number of aromatic nitrogens is 2. The number of benzene rings is 2. The summed E-state index contributed by atoms with van der Waals surface area (Å²) in [6, 6.07) is 8.89. The molecule has 0 saturated heterocycles. The van der Waals surface area contributed by atoms with E-state index in [0.29, 0.717) is 10.9 Å². The van der Waals surface area contributed by atoms with Crippen molar-refractivity contribution in [3.63, 3.8) is 0 Å². The minimum absolute atomic E-state index is 0.129. The summed E-state index contributed by atoms with van der Waals surface area (Å²) in [5, 5.41) is 0.579. The maximum atomic E-state index is 13.8. The van der Waals surface area contributed by atoms with Crippen LogP contribution in [0.3, 0.4) is 0 Å². The molecule has 0 atom stereocenters. The summed E-state index contributed by atoms with van der Waals surface area (Å²) in [6.45, 7) is 1.76. The maximum absolute atomic E-state index is 13.8. The average Bonchev–Trinajstić information content (AvgIpc) is 2.38. The number of aryl methyl sites for hydroxylation is 1. The minimum atomic E-state index is -0.485. The van der Waals surface area contributed by atoms with Crippen molar-refractivity contribution in [1.29, 1.82) is 0 Å². The smallest absolute Gasteiger partial charge is 0.161 e. The molecule has 0 spiro atoms. The molecule has 0 aliphatic heterocycles. The summed E-state index contributed by atoms with van der Waals surface area (Å²) >= 11 is 6.05. The molecule has 0 unspecified atom stereocenters. The summed E-state index contributed by atoms with van der Waals surface area (Å²) in [5.74, 6) is -0.676. The van der Waals surface area contributed by atoms with E-state index in [1.165, 1.54) is 18.2 Å². The van der Waals surface area contributed by atoms with Crippen LogP contribution in [0.4, 0.5) is 8.78 Å². The van der Waals surface area contributed by atoms with Crippen molar-refractivity contribution in [2.75, 3.05) is 0 Å². The van der Waals surface area contributed by atoms with E-state index in [1.54, 1.807) is 25.1 Å². The van der Waals surface area contributed by atoms with Gasteiger partial charge in [-0.25, -0.2) is 18.7 Å². The van der Waals surface area contributed by atoms with Gasteiger partial charge in [0.05, 0.1) is 0 Å². The van der Waals surface area contributed by atoms with E-state index in [1.807, 2.05) is 0 Å². The van der Waals surface area contributed by atoms with E-state index in [0.717, 1.165) is 5.56 Å². The molecule has 2 nitrogen and oxygen atoms in total. The van der Waals surface area contributed by atoms with Crippen molar-refractivity contribution in [3.8, 4) is 11.4 Å². The molecule has 0 aliphatic rings. The van der Waals surface area contributed by atoms with E-state index < -0.39 is 11.6 Å². The minimum Gasteiger partial charge on any atom is -0.225 e. The van der Waals surface area contributed by atoms with Gasteiger partial charge in [-0.2, -0.15) is 0 Å². The van der Waals surface area contributed by atoms with Gasteiger partial charge in [-0.3, -0.25) is 0 Å². The molecule has 0 fully saturated rings. The number of hydrogen-bond acceptors (Lipinski definition) is 2. The van der Waals surface area contributed by atoms with Gasteiger partial charge in [-0.1, -0.05) is 17.7 Å². The van der Waals surface area contributed by atoms with E-state index in [-0.39, 0.29) is 16.5 Å². The Labute approximate surface area is 119 Å². The summed E-state index contributed by atoms with van der Waals surface area (Å²) < 4.78 is 27.2. The molecular formula is C15H9ClF2N2. The molecule has 3 rings (SSSR count). The topological polar surface area (TPSA) is 25.8 Å². The van der Waals surface area contributed by atoms with Gasteiger partial charge in [0.25, 0.3) is 0 Å². The molecule has 0 N–H and O–H groups in total. The Kier molecular flexibility index (Phi) is 3.10. The third-order valence-electron chi connectivity index (χ3n) is 2.93. The molecular weight excluding hydrogens is 282 g/mol. The van der Waals surface area contributed by atoms with E-state index in [2.05, 4.69) is 9.97 Å². The van der Waals surface area contributed by atoms with Gasteiger partial charge < -0.3 is 0 Å². The standard InChI is InChI=1S/C15H9ClF2N2/c1-8-5-9(7-10(17)6-8)15-19-13-11(14(16)20-15)3-2-4-12(13)18/h2-7H,1H3. The lowest BCUT2D eigenvalue weighted by Gasteiger charge is -2.06. The Morgan fingerprint density at radius 1 is 1.05 bits per heavy atom. The van der Waals surface area contributed by atoms with Gasteiger partial charge >= 0.3 is 0 Å². The summed E-state index contributed by atoms with van der Waals surface area (Å²) in [6.07, 6.45) is 0. The average molecular weight is 291 g/mol. The largest absolute Gasteiger partial charge is 0.225 e. The fourth-order valence-corrected chi connectivity index (χ4v) is 2.31. The predicted molar refractivity (Wildman–Crippen MR) is 74.6 cm³/mol. The molecule has 100 valence electrons. The van der Waals surface area contributed by atoms with Gasteiger partial charge in [0, 0.05) is 10.9 Å². The van der Waals surface area contributed by atoms with Crippen LogP contribution in [-0.4, -0.2) is 9.97 Å². The highest BCUT2D eigenvalue weighted by Crippen LogP contribution is 2.27. The SMILES string of the molecule is Cc1cc(F)cc(-c2nc(Cl)c3cccc(F)c3n2)c1. The van der Waals surface area contributed by atoms with Gasteiger partial charge in [0.2, 0.25) is 0 Å². The van der Waals surface area contributed by atoms with Crippen molar-refractivity contribution in [1.82, 2.24) is 9.97 Å². The van der Waals surface area contributed by atoms with Crippen LogP contribution in [0.25, 0.3) is 22.3 Å². The molecule has 1 heterocycles. The van der Waals surface area contributed by atoms with Crippen molar-refractivity contribution < 1.29 is 8.78 Å². The van der Waals surface area contributed by atoms with E-state index >= 15 is 0 Å². The number of para-hydroxylation sites is 1. The van der Waals surface area contributed by atoms with Crippen LogP contribution in [0.1, 0.15) is 5.56 Å². The first-order valence-electron chi connectivity index (χ1n) is 5.94. The Hall–Kier alpha value is -2.07. The lowest BCUT2D eigenvalue weighted by molar-refractivity contribution is 0.627. The first kappa shape index (κ1) is 12.9. The number of nitrogens with zero attached hydrogens (tertiary/aromatic N) is 2. The first-order valence-corrected chi connectivity index (χ1v) is 6.32. The fraction of sp³-hybridized carbons (Fsp3) is 0.0667. The Morgan fingerprint density at radius 2 is 1.85 bits per heavy atom. The zero-order valence-electron chi connectivity index (χ0n) is 10.5. The van der Waals surface area contributed by atoms with Crippen molar-refractivity contribution in [2.45, 2.75) is 6.92 Å². The number of rotatable bonds is 1. The molecule has 3 aromatic rings. The number of fused-ring (bicyclic) bond motifs is 1. The highest BCUT2D eigenvalue weighted by molar-refractivity contribution is 6.34. The molecule has 0 bridgehead atoms. The van der Waals surface area contributed by atoms with E-state index in [9.17, 15) is 8.78 Å². The van der Waals surface area contributed by atoms with E-state index in [4.69, 9.17) is 11.6 Å². The first-order chi connectivity index (χ1) is 9.54. The van der Waals surface area contributed by atoms with Crippen molar-refractivity contribution in [2.24, 2.45) is 0 Å². The van der Waals surface area contributed by atoms with Crippen LogP contribution in [0.15, 0.2) is 36.4 Å². The van der Waals surface area contributed by atoms with Crippen LogP contribution >= 0.6 is 11.6 Å². The van der Waals surface area contributed by atoms with Gasteiger partial charge in [0.1, 0.15) is 22.3 Å². The summed E-state index contributed by atoms with van der Waals surface area (Å²) in [5.41, 5.74) is 1.33. The molecule has 0 amide bonds. The Bertz CT molecular complexity index is 798. The summed E-state index contributed by atoms with van der Waals surface area (Å²) in [7, 11) is 0. The highest BCUT2D eigenvalue weighted by atomic mass is 35.5. The molecule has 2 aromatic carbocycles. The lowest BCUT2D eigenvalue weighted by atomic mass is 10.1. The normalized spacial score (nSPS) is 11.0. The predicted octanol–water partition coefficient (Wildman–Crippen LogP) is 4.54. The van der Waals surface area contributed by atoms with Crippen LogP contribution < -0.4 is 0 Å². The number of halogens is 3. The second-order valence-electron chi connectivity index (χ2n) is 4.49. The lowest BCUT2D eigenvalue weighted by Crippen LogP contribution is -1.95. The molecule has 20 heavy (non-hydrogen) atoms. The van der Waals surface area contributed by atoms with Crippen molar-refractivity contribution in [3.05, 3.63) is 58.7 Å². The van der Waals surface area contributed by atoms with Crippen LogP contribution in [-0.2, 0) is 0 Å². The third kappa shape index (κ3) is 2.23. The zero-order chi connectivity index (χ0) is 14.3. The van der Waals surface area contributed by atoms with Crippen LogP contribution in [0.5, 0.6) is 0 Å². The van der Waals surface area contributed by atoms with Crippen LogP contribution in [0.2, 0.25) is 5.15 Å². The van der Waals surface area contributed by atoms with Crippen molar-refractivity contribution >= 4 is 22.5 Å². The fourth-order valence-electron chi connectivity index (χ4n) is 2.07. The monoisotopic (exact) mass is 290 g/mol. The molecule has 0 radical (unpaired) electrons. The highest BCUT2D eigenvalue weighted by Gasteiger charge is 2.11. The van der Waals surface area contributed by atoms with Crippen LogP contribution in [0, 0.1) is 18.6 Å². The second kappa shape index (κ2) is 4.80. The second-order valence-corrected chi connectivity index (χ2v) is 4.85. The van der Waals surface area contributed by atoms with Gasteiger partial charge in [-0.15, -0.1) is 0 Å². The Balaban J connectivity index is 2.29. The quantitative estimate of drug-likeness (QED) is 0.615. The Morgan fingerprint density at radius 3 is 2.60 bits per heavy atom. The third-order valence-corrected chi connectivity index (χ3v) is 3.22. The van der Waals surface area contributed by atoms with Gasteiger partial charge in [-0.05, 0) is 42.8 Å².